The summed E-state index contributed by atoms with van der Waals surface area (Å²) in [4.78, 5) is 55.6. The first-order valence-corrected chi connectivity index (χ1v) is 15.1. The summed E-state index contributed by atoms with van der Waals surface area (Å²) in [5, 5.41) is 12.6. The van der Waals surface area contributed by atoms with Crippen molar-refractivity contribution >= 4 is 35.2 Å². The molecule has 4 amide bonds. The number of anilines is 2. The van der Waals surface area contributed by atoms with Crippen LogP contribution in [0.25, 0.3) is 11.1 Å². The van der Waals surface area contributed by atoms with Gasteiger partial charge in [0.2, 0.25) is 11.8 Å². The summed E-state index contributed by atoms with van der Waals surface area (Å²) in [5.41, 5.74) is 4.33. The Bertz CT molecular complexity index is 1570. The molecule has 44 heavy (non-hydrogen) atoms. The van der Waals surface area contributed by atoms with E-state index in [1.54, 1.807) is 21.9 Å². The largest absolute Gasteiger partial charge is 0.482 e. The number of rotatable bonds is 8. The van der Waals surface area contributed by atoms with Crippen LogP contribution in [0.4, 0.5) is 16.2 Å². The summed E-state index contributed by atoms with van der Waals surface area (Å²) in [6, 6.07) is 23.7. The Hall–Kier alpha value is -4.86. The molecule has 2 fully saturated rings. The minimum Gasteiger partial charge on any atom is -0.482 e. The van der Waals surface area contributed by atoms with Gasteiger partial charge in [0.15, 0.2) is 6.61 Å². The molecule has 10 nitrogen and oxygen atoms in total. The number of likely N-dealkylation sites (tertiary alicyclic amines) is 1. The number of piperidine rings is 1. The molecule has 1 saturated carbocycles. The van der Waals surface area contributed by atoms with Gasteiger partial charge in [-0.05, 0) is 60.1 Å². The second-order valence-electron chi connectivity index (χ2n) is 11.6. The van der Waals surface area contributed by atoms with Crippen molar-refractivity contribution in [2.75, 3.05) is 42.6 Å². The maximum absolute atomic E-state index is 14.6. The van der Waals surface area contributed by atoms with Gasteiger partial charge in [0.05, 0.1) is 11.6 Å². The first-order valence-electron chi connectivity index (χ1n) is 15.1. The summed E-state index contributed by atoms with van der Waals surface area (Å²) in [6.45, 7) is 2.33. The number of carbonyl (C=O) groups excluding carboxylic acids is 3. The molecule has 0 bridgehead atoms. The van der Waals surface area contributed by atoms with Gasteiger partial charge in [0, 0.05) is 44.8 Å². The lowest BCUT2D eigenvalue weighted by molar-refractivity contribution is -0.124. The summed E-state index contributed by atoms with van der Waals surface area (Å²) in [7, 11) is 0. The van der Waals surface area contributed by atoms with E-state index < -0.39 is 12.0 Å². The second kappa shape index (κ2) is 12.4. The zero-order valence-electron chi connectivity index (χ0n) is 24.6. The first-order chi connectivity index (χ1) is 21.3. The highest BCUT2D eigenvalue weighted by molar-refractivity contribution is 6.01. The quantitative estimate of drug-likeness (QED) is 0.396. The number of ether oxygens (including phenoxy) is 1. The Labute approximate surface area is 256 Å². The Balaban J connectivity index is 1.33. The van der Waals surface area contributed by atoms with Crippen LogP contribution in [0.15, 0.2) is 72.8 Å². The molecule has 3 aromatic rings. The number of carboxylic acid groups (broad SMARTS) is 1. The SMILES string of the molecule is CC(=O)NCCN1C(=O)COc2ccc(N(C(=O)[C@H]3CN(C(=O)O)CC[C@@H]3c3cccc(-c4ccccc4)c3)C3CC3)cc21. The minimum absolute atomic E-state index is 0.00917. The number of benzene rings is 3. The fourth-order valence-electron chi connectivity index (χ4n) is 6.31. The van der Waals surface area contributed by atoms with Crippen LogP contribution in [0.3, 0.4) is 0 Å². The number of amides is 4. The van der Waals surface area contributed by atoms with E-state index in [-0.39, 0.29) is 55.9 Å². The predicted molar refractivity (Wildman–Crippen MR) is 166 cm³/mol. The Morgan fingerprint density at radius 1 is 0.977 bits per heavy atom. The molecule has 2 aliphatic heterocycles. The number of fused-ring (bicyclic) bond motifs is 1. The molecule has 1 saturated heterocycles. The van der Waals surface area contributed by atoms with Crippen molar-refractivity contribution in [3.05, 3.63) is 78.4 Å². The molecule has 0 unspecified atom stereocenters. The van der Waals surface area contributed by atoms with Crippen LogP contribution < -0.4 is 19.9 Å². The fourth-order valence-corrected chi connectivity index (χ4v) is 6.31. The molecule has 6 rings (SSSR count). The molecule has 2 atom stereocenters. The monoisotopic (exact) mass is 596 g/mol. The molecule has 3 aromatic carbocycles. The van der Waals surface area contributed by atoms with Gasteiger partial charge in [0.1, 0.15) is 5.75 Å². The van der Waals surface area contributed by atoms with Crippen molar-refractivity contribution in [1.29, 1.82) is 0 Å². The van der Waals surface area contributed by atoms with Gasteiger partial charge in [0.25, 0.3) is 5.91 Å². The van der Waals surface area contributed by atoms with E-state index in [2.05, 4.69) is 11.4 Å². The number of nitrogens with zero attached hydrogens (tertiary/aromatic N) is 3. The van der Waals surface area contributed by atoms with Crippen molar-refractivity contribution < 1.29 is 29.0 Å². The Kier molecular flexibility index (Phi) is 8.23. The highest BCUT2D eigenvalue weighted by atomic mass is 16.5. The van der Waals surface area contributed by atoms with Gasteiger partial charge in [-0.1, -0.05) is 54.6 Å². The number of nitrogens with one attached hydrogen (secondary N) is 1. The lowest BCUT2D eigenvalue weighted by atomic mass is 9.79. The average Bonchev–Trinajstić information content (AvgIpc) is 3.87. The van der Waals surface area contributed by atoms with Gasteiger partial charge in [-0.2, -0.15) is 0 Å². The highest BCUT2D eigenvalue weighted by Crippen LogP contribution is 2.43. The van der Waals surface area contributed by atoms with Gasteiger partial charge < -0.3 is 29.9 Å². The van der Waals surface area contributed by atoms with Gasteiger partial charge in [-0.25, -0.2) is 4.79 Å². The van der Waals surface area contributed by atoms with E-state index in [1.165, 1.54) is 11.8 Å². The molecular formula is C34H36N4O6. The Morgan fingerprint density at radius 2 is 1.75 bits per heavy atom. The van der Waals surface area contributed by atoms with E-state index in [4.69, 9.17) is 4.74 Å². The van der Waals surface area contributed by atoms with Gasteiger partial charge in [-0.3, -0.25) is 14.4 Å². The summed E-state index contributed by atoms with van der Waals surface area (Å²) < 4.78 is 5.69. The van der Waals surface area contributed by atoms with Crippen LogP contribution in [0.5, 0.6) is 5.75 Å². The number of hydrogen-bond donors (Lipinski definition) is 2. The summed E-state index contributed by atoms with van der Waals surface area (Å²) in [5.74, 6) is -0.758. The standard InChI is InChI=1S/C34H36N4O6/c1-22(39)35-15-17-37-30-19-27(12-13-31(30)44-21-32(37)40)38(26-10-11-26)33(41)29-20-36(34(42)43)16-14-28(29)25-9-5-8-24(18-25)23-6-3-2-4-7-23/h2-9,12-13,18-19,26,28-29H,10-11,14-17,20-21H2,1H3,(H,35,39)(H,42,43)/t28-,29+/m1/s1. The molecule has 0 spiro atoms. The third-order valence-electron chi connectivity index (χ3n) is 8.64. The second-order valence-corrected chi connectivity index (χ2v) is 11.6. The van der Waals surface area contributed by atoms with Crippen LogP contribution in [0, 0.1) is 5.92 Å². The van der Waals surface area contributed by atoms with Crippen molar-refractivity contribution in [3.8, 4) is 16.9 Å². The number of carbonyl (C=O) groups is 4. The van der Waals surface area contributed by atoms with Crippen molar-refractivity contribution in [2.45, 2.75) is 38.1 Å². The first kappa shape index (κ1) is 29.2. The molecule has 228 valence electrons. The predicted octanol–water partition coefficient (Wildman–Crippen LogP) is 4.49. The fraction of sp³-hybridized carbons (Fsp3) is 0.353. The van der Waals surface area contributed by atoms with Gasteiger partial charge >= 0.3 is 6.09 Å². The van der Waals surface area contributed by atoms with Crippen LogP contribution in [-0.2, 0) is 14.4 Å². The third kappa shape index (κ3) is 6.10. The zero-order chi connectivity index (χ0) is 30.8. The third-order valence-corrected chi connectivity index (χ3v) is 8.64. The molecule has 0 aromatic heterocycles. The van der Waals surface area contributed by atoms with E-state index in [0.717, 1.165) is 29.5 Å². The summed E-state index contributed by atoms with van der Waals surface area (Å²) >= 11 is 0. The topological polar surface area (TPSA) is 119 Å². The Morgan fingerprint density at radius 3 is 2.48 bits per heavy atom. The van der Waals surface area contributed by atoms with Crippen LogP contribution in [-0.4, -0.2) is 72.6 Å². The lowest BCUT2D eigenvalue weighted by Crippen LogP contribution is -2.50. The highest BCUT2D eigenvalue weighted by Gasteiger charge is 2.43. The van der Waals surface area contributed by atoms with Crippen LogP contribution in [0.2, 0.25) is 0 Å². The molecule has 10 heteroatoms. The van der Waals surface area contributed by atoms with Crippen LogP contribution >= 0.6 is 0 Å². The van der Waals surface area contributed by atoms with Crippen molar-refractivity contribution in [1.82, 2.24) is 10.2 Å². The van der Waals surface area contributed by atoms with Crippen LogP contribution in [0.1, 0.15) is 37.7 Å². The van der Waals surface area contributed by atoms with E-state index in [9.17, 15) is 24.3 Å². The maximum Gasteiger partial charge on any atom is 0.407 e. The minimum atomic E-state index is -1.03. The molecular weight excluding hydrogens is 560 g/mol. The molecule has 2 N–H and O–H groups in total. The smallest absolute Gasteiger partial charge is 0.407 e. The normalized spacial score (nSPS) is 19.5. The van der Waals surface area contributed by atoms with E-state index in [1.807, 2.05) is 54.6 Å². The number of hydrogen-bond acceptors (Lipinski definition) is 5. The van der Waals surface area contributed by atoms with Crippen molar-refractivity contribution in [3.63, 3.8) is 0 Å². The maximum atomic E-state index is 14.6. The summed E-state index contributed by atoms with van der Waals surface area (Å²) in [6.07, 6.45) is 1.18. The van der Waals surface area contributed by atoms with Gasteiger partial charge in [-0.15, -0.1) is 0 Å². The van der Waals surface area contributed by atoms with E-state index >= 15 is 0 Å². The van der Waals surface area contributed by atoms with Crippen molar-refractivity contribution in [2.24, 2.45) is 5.92 Å². The molecule has 1 aliphatic carbocycles. The average molecular weight is 597 g/mol. The molecule has 3 aliphatic rings. The zero-order valence-corrected chi connectivity index (χ0v) is 24.6. The molecule has 0 radical (unpaired) electrons. The molecule has 2 heterocycles. The lowest BCUT2D eigenvalue weighted by Gasteiger charge is -2.39. The van der Waals surface area contributed by atoms with E-state index in [0.29, 0.717) is 30.1 Å².